The number of carbonyl (C=O) groups is 1. The van der Waals surface area contributed by atoms with E-state index in [-0.39, 0.29) is 33.6 Å². The zero-order valence-corrected chi connectivity index (χ0v) is 11.2. The molecule has 0 aromatic carbocycles. The standard InChI is InChI=1S/C10H9Cl2FN4O2/c1-3(14-10(18)19)2-4-6(13)5-7(11)16-9(12)17-8(5)15-4/h3,14H,2H2,1H3,(H,18,19)(H,15,16,17)/t3-/m0/s1. The van der Waals surface area contributed by atoms with Crippen molar-refractivity contribution in [3.8, 4) is 0 Å². The molecule has 2 rings (SSSR count). The average Bonchev–Trinajstić information content (AvgIpc) is 2.53. The third-order valence-electron chi connectivity index (χ3n) is 2.47. The maximum atomic E-state index is 14.1. The molecule has 6 nitrogen and oxygen atoms in total. The van der Waals surface area contributed by atoms with Crippen molar-refractivity contribution in [3.05, 3.63) is 21.9 Å². The van der Waals surface area contributed by atoms with Gasteiger partial charge in [0.2, 0.25) is 5.28 Å². The number of carboxylic acid groups (broad SMARTS) is 1. The lowest BCUT2D eigenvalue weighted by molar-refractivity contribution is 0.190. The fourth-order valence-corrected chi connectivity index (χ4v) is 2.21. The van der Waals surface area contributed by atoms with Gasteiger partial charge in [-0.25, -0.2) is 14.2 Å². The summed E-state index contributed by atoms with van der Waals surface area (Å²) in [6, 6.07) is -0.470. The van der Waals surface area contributed by atoms with Gasteiger partial charge in [-0.3, -0.25) is 0 Å². The minimum atomic E-state index is -1.18. The van der Waals surface area contributed by atoms with E-state index in [2.05, 4.69) is 20.3 Å². The fourth-order valence-electron chi connectivity index (χ4n) is 1.75. The molecule has 0 unspecified atom stereocenters. The lowest BCUT2D eigenvalue weighted by atomic mass is 10.2. The van der Waals surface area contributed by atoms with Crippen LogP contribution in [-0.4, -0.2) is 32.2 Å². The Morgan fingerprint density at radius 3 is 2.84 bits per heavy atom. The molecule has 0 saturated carbocycles. The van der Waals surface area contributed by atoms with E-state index in [1.807, 2.05) is 0 Å². The Bertz CT molecular complexity index is 646. The number of fused-ring (bicyclic) bond motifs is 1. The van der Waals surface area contributed by atoms with Crippen molar-refractivity contribution >= 4 is 40.3 Å². The molecular formula is C10H9Cl2FN4O2. The van der Waals surface area contributed by atoms with Gasteiger partial charge in [0.15, 0.2) is 5.82 Å². The lowest BCUT2D eigenvalue weighted by Crippen LogP contribution is -2.32. The number of aromatic amines is 1. The van der Waals surface area contributed by atoms with Crippen molar-refractivity contribution in [2.75, 3.05) is 0 Å². The van der Waals surface area contributed by atoms with Crippen LogP contribution in [0.2, 0.25) is 10.4 Å². The first kappa shape index (κ1) is 13.8. The normalized spacial score (nSPS) is 12.6. The largest absolute Gasteiger partial charge is 0.465 e. The number of nitrogens with zero attached hydrogens (tertiary/aromatic N) is 2. The summed E-state index contributed by atoms with van der Waals surface area (Å²) in [5, 5.41) is 10.7. The van der Waals surface area contributed by atoms with Gasteiger partial charge in [0.1, 0.15) is 10.8 Å². The van der Waals surface area contributed by atoms with E-state index in [1.54, 1.807) is 6.92 Å². The minimum Gasteiger partial charge on any atom is -0.465 e. The van der Waals surface area contributed by atoms with Crippen LogP contribution in [0.4, 0.5) is 9.18 Å². The van der Waals surface area contributed by atoms with Crippen LogP contribution in [0.15, 0.2) is 0 Å². The van der Waals surface area contributed by atoms with E-state index in [9.17, 15) is 9.18 Å². The van der Waals surface area contributed by atoms with Gasteiger partial charge in [0, 0.05) is 12.5 Å². The van der Waals surface area contributed by atoms with Crippen molar-refractivity contribution in [1.29, 1.82) is 0 Å². The van der Waals surface area contributed by atoms with Crippen LogP contribution in [-0.2, 0) is 6.42 Å². The minimum absolute atomic E-state index is 0.0450. The molecule has 0 bridgehead atoms. The molecule has 9 heteroatoms. The molecule has 0 aliphatic carbocycles. The molecule has 2 heterocycles. The predicted molar refractivity (Wildman–Crippen MR) is 68.2 cm³/mol. The second kappa shape index (κ2) is 5.18. The Hall–Kier alpha value is -1.60. The average molecular weight is 307 g/mol. The number of rotatable bonds is 3. The Morgan fingerprint density at radius 2 is 2.21 bits per heavy atom. The molecule has 1 amide bonds. The highest BCUT2D eigenvalue weighted by molar-refractivity contribution is 6.35. The Kier molecular flexibility index (Phi) is 3.77. The molecule has 3 N–H and O–H groups in total. The summed E-state index contributed by atoms with van der Waals surface area (Å²) in [6.45, 7) is 1.61. The van der Waals surface area contributed by atoms with E-state index < -0.39 is 18.0 Å². The predicted octanol–water partition coefficient (Wildman–Crippen LogP) is 2.60. The third kappa shape index (κ3) is 2.87. The fraction of sp³-hybridized carbons (Fsp3) is 0.300. The summed E-state index contributed by atoms with van der Waals surface area (Å²) in [4.78, 5) is 20.7. The Labute approximate surface area is 116 Å². The van der Waals surface area contributed by atoms with Crippen LogP contribution >= 0.6 is 23.2 Å². The molecular weight excluding hydrogens is 298 g/mol. The topological polar surface area (TPSA) is 90.9 Å². The quantitative estimate of drug-likeness (QED) is 0.600. The smallest absolute Gasteiger partial charge is 0.404 e. The van der Waals surface area contributed by atoms with Crippen LogP contribution < -0.4 is 5.32 Å². The van der Waals surface area contributed by atoms with Crippen molar-refractivity contribution in [3.63, 3.8) is 0 Å². The number of halogens is 3. The van der Waals surface area contributed by atoms with Gasteiger partial charge in [-0.2, -0.15) is 4.98 Å². The number of hydrogen-bond acceptors (Lipinski definition) is 3. The van der Waals surface area contributed by atoms with Crippen molar-refractivity contribution in [2.24, 2.45) is 0 Å². The molecule has 102 valence electrons. The van der Waals surface area contributed by atoms with E-state index in [0.717, 1.165) is 0 Å². The highest BCUT2D eigenvalue weighted by Crippen LogP contribution is 2.27. The van der Waals surface area contributed by atoms with Crippen molar-refractivity contribution < 1.29 is 14.3 Å². The molecule has 2 aromatic rings. The molecule has 1 atom stereocenters. The number of nitrogens with one attached hydrogen (secondary N) is 2. The summed E-state index contributed by atoms with van der Waals surface area (Å²) in [6.07, 6.45) is -1.05. The van der Waals surface area contributed by atoms with Gasteiger partial charge in [0.05, 0.1) is 11.1 Å². The van der Waals surface area contributed by atoms with Crippen LogP contribution in [0.5, 0.6) is 0 Å². The van der Waals surface area contributed by atoms with Gasteiger partial charge in [-0.15, -0.1) is 0 Å². The van der Waals surface area contributed by atoms with Crippen LogP contribution in [0.25, 0.3) is 11.0 Å². The van der Waals surface area contributed by atoms with Crippen molar-refractivity contribution in [2.45, 2.75) is 19.4 Å². The summed E-state index contributed by atoms with van der Waals surface area (Å²) in [7, 11) is 0. The first-order valence-corrected chi connectivity index (χ1v) is 6.02. The zero-order valence-electron chi connectivity index (χ0n) is 9.67. The molecule has 0 saturated heterocycles. The molecule has 0 spiro atoms. The molecule has 2 aromatic heterocycles. The monoisotopic (exact) mass is 306 g/mol. The molecule has 0 fully saturated rings. The number of aromatic nitrogens is 3. The molecule has 0 aliphatic rings. The highest BCUT2D eigenvalue weighted by atomic mass is 35.5. The highest BCUT2D eigenvalue weighted by Gasteiger charge is 2.19. The van der Waals surface area contributed by atoms with E-state index in [4.69, 9.17) is 28.3 Å². The number of H-pyrrole nitrogens is 1. The van der Waals surface area contributed by atoms with Crippen LogP contribution in [0, 0.1) is 5.82 Å². The Balaban J connectivity index is 2.37. The van der Waals surface area contributed by atoms with Gasteiger partial charge in [0.25, 0.3) is 0 Å². The maximum absolute atomic E-state index is 14.1. The summed E-state index contributed by atoms with van der Waals surface area (Å²) in [5.74, 6) is -0.601. The van der Waals surface area contributed by atoms with Crippen molar-refractivity contribution in [1.82, 2.24) is 20.3 Å². The molecule has 19 heavy (non-hydrogen) atoms. The van der Waals surface area contributed by atoms with Gasteiger partial charge >= 0.3 is 6.09 Å². The molecule has 0 radical (unpaired) electrons. The second-order valence-electron chi connectivity index (χ2n) is 3.98. The van der Waals surface area contributed by atoms with E-state index in [0.29, 0.717) is 0 Å². The lowest BCUT2D eigenvalue weighted by Gasteiger charge is -2.09. The van der Waals surface area contributed by atoms with Gasteiger partial charge in [-0.1, -0.05) is 11.6 Å². The zero-order chi connectivity index (χ0) is 14.2. The summed E-state index contributed by atoms with van der Waals surface area (Å²) in [5.41, 5.74) is 0.370. The first-order chi connectivity index (χ1) is 8.88. The van der Waals surface area contributed by atoms with E-state index >= 15 is 0 Å². The second-order valence-corrected chi connectivity index (χ2v) is 4.68. The van der Waals surface area contributed by atoms with Crippen LogP contribution in [0.3, 0.4) is 0 Å². The number of hydrogen-bond donors (Lipinski definition) is 3. The first-order valence-electron chi connectivity index (χ1n) is 5.27. The SMILES string of the molecule is C[C@@H](Cc1[nH]c2nc(Cl)nc(Cl)c2c1F)NC(=O)O. The number of amides is 1. The molecule has 0 aliphatic heterocycles. The van der Waals surface area contributed by atoms with E-state index in [1.165, 1.54) is 0 Å². The van der Waals surface area contributed by atoms with Gasteiger partial charge < -0.3 is 15.4 Å². The Morgan fingerprint density at radius 1 is 1.53 bits per heavy atom. The van der Waals surface area contributed by atoms with Gasteiger partial charge in [-0.05, 0) is 18.5 Å². The summed E-state index contributed by atoms with van der Waals surface area (Å²) < 4.78 is 14.1. The van der Waals surface area contributed by atoms with Crippen LogP contribution in [0.1, 0.15) is 12.6 Å². The summed E-state index contributed by atoms with van der Waals surface area (Å²) >= 11 is 11.4. The third-order valence-corrected chi connectivity index (χ3v) is 2.91. The maximum Gasteiger partial charge on any atom is 0.404 e.